The number of benzene rings is 2. The van der Waals surface area contributed by atoms with Crippen molar-refractivity contribution in [2.45, 2.75) is 24.9 Å². The van der Waals surface area contributed by atoms with Gasteiger partial charge in [0.1, 0.15) is 12.1 Å². The van der Waals surface area contributed by atoms with Crippen LogP contribution in [0.15, 0.2) is 54.6 Å². The Morgan fingerprint density at radius 1 is 0.833 bits per heavy atom. The first-order valence-corrected chi connectivity index (χ1v) is 9.77. The van der Waals surface area contributed by atoms with E-state index in [0.29, 0.717) is 0 Å². The van der Waals surface area contributed by atoms with Crippen molar-refractivity contribution in [2.24, 2.45) is 0 Å². The monoisotopic (exact) mass is 430 g/mol. The summed E-state index contributed by atoms with van der Waals surface area (Å²) in [6.07, 6.45) is 0.283. The molecule has 1 unspecified atom stereocenters. The first kappa shape index (κ1) is 23.0. The highest BCUT2D eigenvalue weighted by atomic mass is 32.1. The van der Waals surface area contributed by atoms with Crippen LogP contribution in [0.4, 0.5) is 0 Å². The van der Waals surface area contributed by atoms with Crippen LogP contribution >= 0.6 is 12.6 Å². The SMILES string of the molecule is O=C(O)c1ccc(C(=O)NC(CCS)C(=O)N[C@H](Cc2ccccc2)C(=O)O)cc1. The molecule has 0 heterocycles. The zero-order valence-corrected chi connectivity index (χ0v) is 16.8. The number of thiol groups is 1. The molecule has 0 saturated carbocycles. The zero-order chi connectivity index (χ0) is 22.1. The zero-order valence-electron chi connectivity index (χ0n) is 15.9. The molecule has 0 aliphatic rings. The van der Waals surface area contributed by atoms with E-state index in [4.69, 9.17) is 5.11 Å². The number of carbonyl (C=O) groups excluding carboxylic acids is 2. The molecule has 0 aromatic heterocycles. The van der Waals surface area contributed by atoms with Crippen LogP contribution in [0, 0.1) is 0 Å². The third-order valence-corrected chi connectivity index (χ3v) is 4.59. The van der Waals surface area contributed by atoms with Gasteiger partial charge in [0.05, 0.1) is 5.56 Å². The number of carboxylic acids is 2. The fraction of sp³-hybridized carbons (Fsp3) is 0.238. The number of nitrogens with one attached hydrogen (secondary N) is 2. The van der Waals surface area contributed by atoms with Gasteiger partial charge in [-0.1, -0.05) is 30.3 Å². The molecule has 8 nitrogen and oxygen atoms in total. The summed E-state index contributed by atoms with van der Waals surface area (Å²) in [6.45, 7) is 0. The van der Waals surface area contributed by atoms with E-state index in [1.807, 2.05) is 0 Å². The van der Waals surface area contributed by atoms with Crippen LogP contribution in [0.1, 0.15) is 32.7 Å². The minimum Gasteiger partial charge on any atom is -0.480 e. The average molecular weight is 430 g/mol. The maximum absolute atomic E-state index is 12.6. The van der Waals surface area contributed by atoms with Gasteiger partial charge in [0.2, 0.25) is 5.91 Å². The molecule has 0 radical (unpaired) electrons. The first-order chi connectivity index (χ1) is 14.3. The van der Waals surface area contributed by atoms with Crippen LogP contribution in [-0.2, 0) is 16.0 Å². The van der Waals surface area contributed by atoms with Crippen molar-refractivity contribution in [1.82, 2.24) is 10.6 Å². The molecule has 0 spiro atoms. The van der Waals surface area contributed by atoms with Gasteiger partial charge < -0.3 is 20.8 Å². The number of aliphatic carboxylic acids is 1. The predicted molar refractivity (Wildman–Crippen MR) is 113 cm³/mol. The summed E-state index contributed by atoms with van der Waals surface area (Å²) in [6, 6.07) is 12.0. The number of carboxylic acid groups (broad SMARTS) is 2. The molecule has 2 amide bonds. The molecule has 0 bridgehead atoms. The molecule has 158 valence electrons. The van der Waals surface area contributed by atoms with E-state index in [-0.39, 0.29) is 29.7 Å². The number of carbonyl (C=O) groups is 4. The third kappa shape index (κ3) is 6.63. The van der Waals surface area contributed by atoms with E-state index in [0.717, 1.165) is 5.56 Å². The first-order valence-electron chi connectivity index (χ1n) is 9.14. The molecular weight excluding hydrogens is 408 g/mol. The Morgan fingerprint density at radius 3 is 1.97 bits per heavy atom. The summed E-state index contributed by atoms with van der Waals surface area (Å²) in [5.74, 6) is -3.24. The van der Waals surface area contributed by atoms with Crippen molar-refractivity contribution in [1.29, 1.82) is 0 Å². The molecule has 2 aromatic carbocycles. The molecule has 0 aliphatic carbocycles. The highest BCUT2D eigenvalue weighted by molar-refractivity contribution is 7.80. The summed E-state index contributed by atoms with van der Waals surface area (Å²) in [7, 11) is 0. The fourth-order valence-corrected chi connectivity index (χ4v) is 2.98. The van der Waals surface area contributed by atoms with Gasteiger partial charge in [-0.3, -0.25) is 9.59 Å². The van der Waals surface area contributed by atoms with Crippen LogP contribution in [0.3, 0.4) is 0 Å². The van der Waals surface area contributed by atoms with Crippen molar-refractivity contribution >= 4 is 36.4 Å². The molecule has 30 heavy (non-hydrogen) atoms. The van der Waals surface area contributed by atoms with Gasteiger partial charge in [-0.2, -0.15) is 12.6 Å². The average Bonchev–Trinajstić information content (AvgIpc) is 2.73. The quantitative estimate of drug-likeness (QED) is 0.364. The maximum Gasteiger partial charge on any atom is 0.335 e. The Balaban J connectivity index is 2.07. The Bertz CT molecular complexity index is 901. The van der Waals surface area contributed by atoms with Crippen molar-refractivity contribution in [2.75, 3.05) is 5.75 Å². The summed E-state index contributed by atoms with van der Waals surface area (Å²) in [5.41, 5.74) is 0.955. The molecule has 0 saturated heterocycles. The minimum absolute atomic E-state index is 0.0291. The highest BCUT2D eigenvalue weighted by Crippen LogP contribution is 2.08. The number of aromatic carboxylic acids is 1. The molecule has 2 atom stereocenters. The number of amides is 2. The molecule has 9 heteroatoms. The van der Waals surface area contributed by atoms with E-state index in [2.05, 4.69) is 23.3 Å². The van der Waals surface area contributed by atoms with Crippen LogP contribution in [0.5, 0.6) is 0 Å². The second-order valence-corrected chi connectivity index (χ2v) is 6.96. The second kappa shape index (κ2) is 11.0. The van der Waals surface area contributed by atoms with E-state index >= 15 is 0 Å². The number of rotatable bonds is 10. The van der Waals surface area contributed by atoms with Crippen molar-refractivity contribution in [3.8, 4) is 0 Å². The molecule has 2 rings (SSSR count). The maximum atomic E-state index is 12.6. The van der Waals surface area contributed by atoms with E-state index in [1.54, 1.807) is 30.3 Å². The lowest BCUT2D eigenvalue weighted by molar-refractivity contribution is -0.142. The molecule has 4 N–H and O–H groups in total. The van der Waals surface area contributed by atoms with Crippen molar-refractivity contribution in [3.63, 3.8) is 0 Å². The van der Waals surface area contributed by atoms with Gasteiger partial charge in [-0.05, 0) is 42.0 Å². The lowest BCUT2D eigenvalue weighted by Crippen LogP contribution is -2.52. The summed E-state index contributed by atoms with van der Waals surface area (Å²) < 4.78 is 0. The Morgan fingerprint density at radius 2 is 1.43 bits per heavy atom. The van der Waals surface area contributed by atoms with Crippen LogP contribution in [0.25, 0.3) is 0 Å². The number of hydrogen-bond acceptors (Lipinski definition) is 5. The van der Waals surface area contributed by atoms with Crippen molar-refractivity contribution < 1.29 is 29.4 Å². The van der Waals surface area contributed by atoms with E-state index < -0.39 is 35.8 Å². The second-order valence-electron chi connectivity index (χ2n) is 6.51. The van der Waals surface area contributed by atoms with Crippen LogP contribution in [-0.4, -0.2) is 51.8 Å². The molecule has 0 fully saturated rings. The standard InChI is InChI=1S/C21H22N2O6S/c24-18(14-6-8-15(9-7-14)20(26)27)22-16(10-11-30)19(25)23-17(21(28)29)12-13-4-2-1-3-5-13/h1-9,16-17,30H,10-12H2,(H,22,24)(H,23,25)(H,26,27)(H,28,29)/t16?,17-/m1/s1. The van der Waals surface area contributed by atoms with Gasteiger partial charge in [-0.25, -0.2) is 9.59 Å². The van der Waals surface area contributed by atoms with Gasteiger partial charge in [0.15, 0.2) is 0 Å². The van der Waals surface area contributed by atoms with Crippen LogP contribution in [0.2, 0.25) is 0 Å². The minimum atomic E-state index is -1.19. The van der Waals surface area contributed by atoms with Gasteiger partial charge >= 0.3 is 11.9 Å². The topological polar surface area (TPSA) is 133 Å². The molecule has 2 aromatic rings. The number of hydrogen-bond donors (Lipinski definition) is 5. The molecule has 0 aliphatic heterocycles. The molecular formula is C21H22N2O6S. The van der Waals surface area contributed by atoms with Gasteiger partial charge in [-0.15, -0.1) is 0 Å². The Kier molecular flexibility index (Phi) is 8.42. The van der Waals surface area contributed by atoms with E-state index in [9.17, 15) is 24.3 Å². The summed E-state index contributed by atoms with van der Waals surface area (Å²) >= 11 is 4.10. The fourth-order valence-electron chi connectivity index (χ4n) is 2.73. The van der Waals surface area contributed by atoms with Gasteiger partial charge in [0, 0.05) is 12.0 Å². The smallest absolute Gasteiger partial charge is 0.335 e. The summed E-state index contributed by atoms with van der Waals surface area (Å²) in [5, 5.41) is 23.4. The predicted octanol–water partition coefficient (Wildman–Crippen LogP) is 1.62. The lowest BCUT2D eigenvalue weighted by Gasteiger charge is -2.21. The largest absolute Gasteiger partial charge is 0.480 e. The van der Waals surface area contributed by atoms with Crippen LogP contribution < -0.4 is 10.6 Å². The van der Waals surface area contributed by atoms with Crippen molar-refractivity contribution in [3.05, 3.63) is 71.3 Å². The Hall–Kier alpha value is -3.33. The normalized spacial score (nSPS) is 12.4. The highest BCUT2D eigenvalue weighted by Gasteiger charge is 2.26. The Labute approximate surface area is 178 Å². The third-order valence-electron chi connectivity index (χ3n) is 4.33. The lowest BCUT2D eigenvalue weighted by atomic mass is 10.0. The summed E-state index contributed by atoms with van der Waals surface area (Å²) in [4.78, 5) is 47.6. The van der Waals surface area contributed by atoms with Gasteiger partial charge in [0.25, 0.3) is 5.91 Å². The van der Waals surface area contributed by atoms with E-state index in [1.165, 1.54) is 24.3 Å².